The fraction of sp³-hybridized carbons (Fsp3) is 0.103. The summed E-state index contributed by atoms with van der Waals surface area (Å²) in [7, 11) is 0. The van der Waals surface area contributed by atoms with E-state index in [2.05, 4.69) is 216 Å². The second-order valence-electron chi connectivity index (χ2n) is 16.8. The molecule has 2 atom stereocenters. The van der Waals surface area contributed by atoms with Crippen molar-refractivity contribution in [2.24, 2.45) is 0 Å². The Kier molecular flexibility index (Phi) is 8.47. The molecule has 0 radical (unpaired) electrons. The van der Waals surface area contributed by atoms with Gasteiger partial charge in [0.25, 0.3) is 0 Å². The van der Waals surface area contributed by atoms with E-state index in [9.17, 15) is 0 Å². The first-order valence-electron chi connectivity index (χ1n) is 21.4. The van der Waals surface area contributed by atoms with E-state index in [-0.39, 0.29) is 12.1 Å². The van der Waals surface area contributed by atoms with E-state index in [1.54, 1.807) is 0 Å². The van der Waals surface area contributed by atoms with E-state index in [1.807, 2.05) is 0 Å². The van der Waals surface area contributed by atoms with E-state index in [0.29, 0.717) is 0 Å². The maximum Gasteiger partial charge on any atom is 0.0552 e. The highest BCUT2D eigenvalue weighted by atomic mass is 15.3. The topological polar surface area (TPSA) is 6.48 Å². The second-order valence-corrected chi connectivity index (χ2v) is 16.8. The molecule has 60 heavy (non-hydrogen) atoms. The molecule has 0 saturated carbocycles. The minimum atomic E-state index is 0.0243. The van der Waals surface area contributed by atoms with Crippen LogP contribution in [0.2, 0.25) is 0 Å². The molecule has 0 N–H and O–H groups in total. The molecule has 0 bridgehead atoms. The molecule has 2 nitrogen and oxygen atoms in total. The van der Waals surface area contributed by atoms with Crippen molar-refractivity contribution in [3.63, 3.8) is 0 Å². The highest BCUT2D eigenvalue weighted by molar-refractivity contribution is 6.09. The summed E-state index contributed by atoms with van der Waals surface area (Å²) in [5.41, 5.74) is 13.7. The van der Waals surface area contributed by atoms with E-state index >= 15 is 0 Å². The summed E-state index contributed by atoms with van der Waals surface area (Å²) in [6, 6.07) is 77.7. The lowest BCUT2D eigenvalue weighted by molar-refractivity contribution is 0.0561. The van der Waals surface area contributed by atoms with Crippen molar-refractivity contribution in [1.29, 1.82) is 0 Å². The largest absolute Gasteiger partial charge is 0.286 e. The Hall–Kier alpha value is -6.84. The van der Waals surface area contributed by atoms with Crippen LogP contribution in [-0.2, 0) is 26.2 Å². The Morgan fingerprint density at radius 2 is 0.500 bits per heavy atom. The molecule has 0 spiro atoms. The van der Waals surface area contributed by atoms with Gasteiger partial charge >= 0.3 is 0 Å². The SMILES string of the molecule is c1ccc([C@H]([C@@H](c2ccccc2)N2Cc3ccc4ccccc4c3-c3c(ccc4ccccc34)C2)N2Cc3ccc4ccccc4c3-c3c(ccc4ccccc34)C2)cc1. The average Bonchev–Trinajstić information content (AvgIpc) is 3.60. The third-order valence-electron chi connectivity index (χ3n) is 13.4. The molecular weight excluding hydrogens is 725 g/mol. The third-order valence-corrected chi connectivity index (χ3v) is 13.4. The first-order chi connectivity index (χ1) is 29.8. The third kappa shape index (κ3) is 5.79. The zero-order chi connectivity index (χ0) is 39.6. The molecule has 0 unspecified atom stereocenters. The molecular formula is C58H44N2. The molecule has 10 aromatic rings. The van der Waals surface area contributed by atoms with Gasteiger partial charge in [-0.15, -0.1) is 0 Å². The van der Waals surface area contributed by atoms with Crippen LogP contribution in [0.25, 0.3) is 65.3 Å². The zero-order valence-electron chi connectivity index (χ0n) is 33.5. The van der Waals surface area contributed by atoms with Crippen LogP contribution in [0.4, 0.5) is 0 Å². The van der Waals surface area contributed by atoms with Gasteiger partial charge in [0, 0.05) is 26.2 Å². The Balaban J connectivity index is 1.10. The molecule has 0 amide bonds. The van der Waals surface area contributed by atoms with E-state index in [4.69, 9.17) is 0 Å². The summed E-state index contributed by atoms with van der Waals surface area (Å²) in [6.07, 6.45) is 0. The Bertz CT molecular complexity index is 2850. The number of fused-ring (bicyclic) bond motifs is 14. The molecule has 2 heterocycles. The van der Waals surface area contributed by atoms with Gasteiger partial charge in [-0.25, -0.2) is 0 Å². The highest BCUT2D eigenvalue weighted by Crippen LogP contribution is 2.50. The van der Waals surface area contributed by atoms with E-state index in [1.165, 1.54) is 98.7 Å². The summed E-state index contributed by atoms with van der Waals surface area (Å²) < 4.78 is 0. The molecule has 286 valence electrons. The first kappa shape index (κ1) is 35.1. The van der Waals surface area contributed by atoms with Gasteiger partial charge in [-0.05, 0) is 98.7 Å². The molecule has 2 aliphatic heterocycles. The van der Waals surface area contributed by atoms with Gasteiger partial charge in [-0.1, -0.05) is 206 Å². The molecule has 2 aliphatic rings. The Morgan fingerprint density at radius 3 is 0.783 bits per heavy atom. The van der Waals surface area contributed by atoms with Crippen molar-refractivity contribution in [1.82, 2.24) is 9.80 Å². The minimum Gasteiger partial charge on any atom is -0.286 e. The molecule has 0 fully saturated rings. The van der Waals surface area contributed by atoms with Gasteiger partial charge in [0.2, 0.25) is 0 Å². The van der Waals surface area contributed by atoms with Crippen LogP contribution in [0.1, 0.15) is 45.5 Å². The number of rotatable bonds is 5. The summed E-state index contributed by atoms with van der Waals surface area (Å²) in [6.45, 7) is 3.29. The number of benzene rings is 10. The zero-order valence-corrected chi connectivity index (χ0v) is 33.5. The lowest BCUT2D eigenvalue weighted by atomic mass is 9.88. The smallest absolute Gasteiger partial charge is 0.0552 e. The lowest BCUT2D eigenvalue weighted by Crippen LogP contribution is -2.40. The van der Waals surface area contributed by atoms with Crippen molar-refractivity contribution >= 4 is 43.1 Å². The Labute approximate surface area is 351 Å². The molecule has 12 rings (SSSR count). The van der Waals surface area contributed by atoms with Crippen molar-refractivity contribution in [2.45, 2.75) is 38.3 Å². The monoisotopic (exact) mass is 768 g/mol. The molecule has 0 saturated heterocycles. The maximum atomic E-state index is 2.80. The summed E-state index contributed by atoms with van der Waals surface area (Å²) in [5.74, 6) is 0. The van der Waals surface area contributed by atoms with E-state index < -0.39 is 0 Å². The van der Waals surface area contributed by atoms with Crippen LogP contribution < -0.4 is 0 Å². The van der Waals surface area contributed by atoms with Crippen LogP contribution in [0.3, 0.4) is 0 Å². The Morgan fingerprint density at radius 1 is 0.250 bits per heavy atom. The van der Waals surface area contributed by atoms with Crippen molar-refractivity contribution in [2.75, 3.05) is 0 Å². The number of hydrogen-bond donors (Lipinski definition) is 0. The predicted octanol–water partition coefficient (Wildman–Crippen LogP) is 14.4. The van der Waals surface area contributed by atoms with Crippen LogP contribution in [0.5, 0.6) is 0 Å². The minimum absolute atomic E-state index is 0.0243. The predicted molar refractivity (Wildman–Crippen MR) is 251 cm³/mol. The fourth-order valence-corrected chi connectivity index (χ4v) is 10.8. The lowest BCUT2D eigenvalue weighted by Gasteiger charge is -2.43. The summed E-state index contributed by atoms with van der Waals surface area (Å²) >= 11 is 0. The van der Waals surface area contributed by atoms with Gasteiger partial charge in [-0.3, -0.25) is 9.80 Å². The quantitative estimate of drug-likeness (QED) is 0.172. The van der Waals surface area contributed by atoms with Gasteiger partial charge in [0.05, 0.1) is 12.1 Å². The molecule has 0 aromatic heterocycles. The summed E-state index contributed by atoms with van der Waals surface area (Å²) in [4.78, 5) is 5.60. The normalized spacial score (nSPS) is 15.1. The molecule has 10 aromatic carbocycles. The fourth-order valence-electron chi connectivity index (χ4n) is 10.8. The number of nitrogens with zero attached hydrogens (tertiary/aromatic N) is 2. The van der Waals surface area contributed by atoms with E-state index in [0.717, 1.165) is 26.2 Å². The summed E-state index contributed by atoms with van der Waals surface area (Å²) in [5, 5.41) is 10.4. The standard InChI is InChI=1S/C58H44N2/c1-3-19-43(20-4-1)57(59-35-45-31-27-39-15-7-11-23-49(39)53(45)54-46(36-59)32-28-40-16-8-12-24-50(40)54)58(44-21-5-2-6-22-44)60-37-47-33-29-41-17-9-13-25-51(41)55(47)56-48(38-60)34-30-42-18-10-14-26-52(42)56/h1-34,57-58H,35-38H2/t57-,58-/m1/s1. The van der Waals surface area contributed by atoms with Crippen molar-refractivity contribution < 1.29 is 0 Å². The van der Waals surface area contributed by atoms with Crippen LogP contribution >= 0.6 is 0 Å². The van der Waals surface area contributed by atoms with Crippen LogP contribution in [0, 0.1) is 0 Å². The maximum absolute atomic E-state index is 2.80. The first-order valence-corrected chi connectivity index (χ1v) is 21.4. The van der Waals surface area contributed by atoms with Crippen LogP contribution in [0.15, 0.2) is 206 Å². The van der Waals surface area contributed by atoms with Crippen molar-refractivity contribution in [3.05, 3.63) is 240 Å². The highest BCUT2D eigenvalue weighted by Gasteiger charge is 2.38. The van der Waals surface area contributed by atoms with Crippen LogP contribution in [-0.4, -0.2) is 9.80 Å². The molecule has 0 aliphatic carbocycles. The number of hydrogen-bond acceptors (Lipinski definition) is 2. The van der Waals surface area contributed by atoms with Gasteiger partial charge in [0.1, 0.15) is 0 Å². The average molecular weight is 769 g/mol. The molecule has 2 heteroatoms. The van der Waals surface area contributed by atoms with Gasteiger partial charge < -0.3 is 0 Å². The van der Waals surface area contributed by atoms with Crippen molar-refractivity contribution in [3.8, 4) is 22.3 Å². The van der Waals surface area contributed by atoms with Gasteiger partial charge in [0.15, 0.2) is 0 Å². The second kappa shape index (κ2) is 14.5. The van der Waals surface area contributed by atoms with Gasteiger partial charge in [-0.2, -0.15) is 0 Å².